The first-order valence-corrected chi connectivity index (χ1v) is 10.0. The molecule has 0 aliphatic carbocycles. The van der Waals surface area contributed by atoms with Crippen molar-refractivity contribution >= 4 is 34.3 Å². The van der Waals surface area contributed by atoms with E-state index in [1.807, 2.05) is 18.2 Å². The van der Waals surface area contributed by atoms with Gasteiger partial charge in [0.2, 0.25) is 11.7 Å². The van der Waals surface area contributed by atoms with Gasteiger partial charge in [0.15, 0.2) is 5.78 Å². The van der Waals surface area contributed by atoms with Crippen LogP contribution in [0.25, 0.3) is 11.0 Å². The lowest BCUT2D eigenvalue weighted by atomic mass is 10.0. The van der Waals surface area contributed by atoms with Gasteiger partial charge in [-0.3, -0.25) is 14.4 Å². The van der Waals surface area contributed by atoms with Crippen LogP contribution in [0.15, 0.2) is 47.0 Å². The summed E-state index contributed by atoms with van der Waals surface area (Å²) in [5.74, 6) is -0.403. The number of aromatic nitrogens is 1. The van der Waals surface area contributed by atoms with E-state index in [0.717, 1.165) is 0 Å². The second kappa shape index (κ2) is 7.46. The lowest BCUT2D eigenvalue weighted by Gasteiger charge is -2.27. The molecule has 4 heterocycles. The molecule has 2 aliphatic heterocycles. The molecule has 2 aliphatic rings. The Morgan fingerprint density at radius 3 is 2.70 bits per heavy atom. The van der Waals surface area contributed by atoms with Gasteiger partial charge in [0, 0.05) is 31.1 Å². The zero-order valence-corrected chi connectivity index (χ0v) is 16.3. The molecule has 154 valence electrons. The van der Waals surface area contributed by atoms with E-state index in [-0.39, 0.29) is 23.4 Å². The molecule has 1 atom stereocenters. The van der Waals surface area contributed by atoms with Crippen LogP contribution in [0.2, 0.25) is 0 Å². The van der Waals surface area contributed by atoms with Gasteiger partial charge in [-0.2, -0.15) is 0 Å². The number of nitrogens with one attached hydrogen (secondary N) is 1. The Kier molecular flexibility index (Phi) is 4.63. The molecule has 0 saturated carbocycles. The van der Waals surface area contributed by atoms with Crippen LogP contribution in [0, 0.1) is 0 Å². The number of nitrogens with zero attached hydrogens (tertiary/aromatic N) is 2. The van der Waals surface area contributed by atoms with Gasteiger partial charge in [-0.1, -0.05) is 12.1 Å². The molecule has 1 fully saturated rings. The quantitative estimate of drug-likeness (QED) is 0.721. The Bertz CT molecular complexity index is 1140. The number of para-hydroxylation sites is 1. The van der Waals surface area contributed by atoms with Crippen molar-refractivity contribution in [1.29, 1.82) is 0 Å². The maximum absolute atomic E-state index is 13.2. The lowest BCUT2D eigenvalue weighted by molar-refractivity contribution is -0.119. The number of carbonyl (C=O) groups excluding carboxylic acids is 3. The van der Waals surface area contributed by atoms with E-state index in [2.05, 4.69) is 5.32 Å². The van der Waals surface area contributed by atoms with Crippen LogP contribution in [0.3, 0.4) is 0 Å². The molecule has 1 N–H and O–H groups in total. The minimum absolute atomic E-state index is 0.0287. The van der Waals surface area contributed by atoms with Crippen molar-refractivity contribution < 1.29 is 23.5 Å². The lowest BCUT2D eigenvalue weighted by Crippen LogP contribution is -2.41. The van der Waals surface area contributed by atoms with Crippen LogP contribution in [-0.2, 0) is 9.53 Å². The third-order valence-corrected chi connectivity index (χ3v) is 5.68. The molecule has 8 heteroatoms. The number of furan rings is 1. The molecule has 0 radical (unpaired) electrons. The normalized spacial score (nSPS) is 19.0. The number of fused-ring (bicyclic) bond motifs is 2. The topological polar surface area (TPSA) is 93.8 Å². The van der Waals surface area contributed by atoms with Gasteiger partial charge in [0.25, 0.3) is 5.91 Å². The fourth-order valence-corrected chi connectivity index (χ4v) is 4.13. The van der Waals surface area contributed by atoms with E-state index >= 15 is 0 Å². The van der Waals surface area contributed by atoms with Gasteiger partial charge in [0.05, 0.1) is 18.9 Å². The fourth-order valence-electron chi connectivity index (χ4n) is 4.13. The van der Waals surface area contributed by atoms with Crippen molar-refractivity contribution in [3.63, 3.8) is 0 Å². The van der Waals surface area contributed by atoms with Crippen LogP contribution in [0.5, 0.6) is 0 Å². The number of amides is 2. The molecule has 3 aromatic rings. The summed E-state index contributed by atoms with van der Waals surface area (Å²) in [6, 6.07) is 10.2. The summed E-state index contributed by atoms with van der Waals surface area (Å²) in [6.07, 6.45) is 2.46. The first kappa shape index (κ1) is 18.6. The largest absolute Gasteiger partial charge is 0.449 e. The summed E-state index contributed by atoms with van der Waals surface area (Å²) in [7, 11) is 0. The predicted molar refractivity (Wildman–Crippen MR) is 109 cm³/mol. The highest BCUT2D eigenvalue weighted by Gasteiger charge is 2.32. The van der Waals surface area contributed by atoms with Crippen LogP contribution in [0.1, 0.15) is 39.9 Å². The molecule has 0 bridgehead atoms. The smallest absolute Gasteiger partial charge is 0.291 e. The maximum Gasteiger partial charge on any atom is 0.291 e. The molecule has 8 nitrogen and oxygen atoms in total. The van der Waals surface area contributed by atoms with E-state index < -0.39 is 6.04 Å². The summed E-state index contributed by atoms with van der Waals surface area (Å²) in [6.45, 7) is 1.89. The second-order valence-electron chi connectivity index (χ2n) is 7.47. The van der Waals surface area contributed by atoms with Crippen LogP contribution < -0.4 is 5.32 Å². The summed E-state index contributed by atoms with van der Waals surface area (Å²) >= 11 is 0. The van der Waals surface area contributed by atoms with E-state index in [9.17, 15) is 14.4 Å². The minimum atomic E-state index is -0.521. The van der Waals surface area contributed by atoms with Crippen molar-refractivity contribution in [2.24, 2.45) is 0 Å². The third-order valence-electron chi connectivity index (χ3n) is 5.68. The number of ketones is 1. The number of Topliss-reactive ketones (excluding diaryl/α,β-unsaturated/α-hetero) is 1. The van der Waals surface area contributed by atoms with E-state index in [0.29, 0.717) is 61.5 Å². The summed E-state index contributed by atoms with van der Waals surface area (Å²) < 4.78 is 12.9. The van der Waals surface area contributed by atoms with Gasteiger partial charge in [-0.15, -0.1) is 0 Å². The zero-order chi connectivity index (χ0) is 20.7. The Morgan fingerprint density at radius 2 is 1.87 bits per heavy atom. The number of hydrogen-bond donors (Lipinski definition) is 1. The van der Waals surface area contributed by atoms with Crippen molar-refractivity contribution in [2.45, 2.75) is 18.9 Å². The van der Waals surface area contributed by atoms with Gasteiger partial charge in [-0.05, 0) is 30.7 Å². The standard InChI is InChI=1S/C22H21N3O5/c26-17-8-7-16(25-9-3-5-15(17)25)21(27)23-19-14-4-1-2-6-18(14)30-20(19)22(28)24-10-12-29-13-11-24/h1-6,9,16H,7-8,10-13H2,(H,23,27). The SMILES string of the molecule is O=C1CCC(C(=O)Nc2c(C(=O)N3CCOCC3)oc3ccccc23)n2cccc21. The zero-order valence-electron chi connectivity index (χ0n) is 16.3. The van der Waals surface area contributed by atoms with Crippen molar-refractivity contribution in [3.05, 3.63) is 54.0 Å². The number of ether oxygens (including phenoxy) is 1. The van der Waals surface area contributed by atoms with Gasteiger partial charge in [0.1, 0.15) is 17.3 Å². The average molecular weight is 407 g/mol. The molecule has 2 aromatic heterocycles. The molecule has 5 rings (SSSR count). The van der Waals surface area contributed by atoms with Crippen LogP contribution in [-0.4, -0.2) is 53.4 Å². The van der Waals surface area contributed by atoms with Gasteiger partial charge >= 0.3 is 0 Å². The molecular formula is C22H21N3O5. The second-order valence-corrected chi connectivity index (χ2v) is 7.47. The minimum Gasteiger partial charge on any atom is -0.449 e. The van der Waals surface area contributed by atoms with Gasteiger partial charge in [-0.25, -0.2) is 0 Å². The fraction of sp³-hybridized carbons (Fsp3) is 0.318. The van der Waals surface area contributed by atoms with Crippen LogP contribution >= 0.6 is 0 Å². The van der Waals surface area contributed by atoms with Gasteiger partial charge < -0.3 is 23.9 Å². The van der Waals surface area contributed by atoms with E-state index in [1.54, 1.807) is 33.9 Å². The summed E-state index contributed by atoms with van der Waals surface area (Å²) in [4.78, 5) is 40.1. The third kappa shape index (κ3) is 3.09. The molecule has 30 heavy (non-hydrogen) atoms. The Hall–Kier alpha value is -3.39. The van der Waals surface area contributed by atoms with Crippen molar-refractivity contribution in [3.8, 4) is 0 Å². The molecule has 0 spiro atoms. The Morgan fingerprint density at radius 1 is 1.07 bits per heavy atom. The molecular weight excluding hydrogens is 386 g/mol. The van der Waals surface area contributed by atoms with Crippen molar-refractivity contribution in [2.75, 3.05) is 31.6 Å². The summed E-state index contributed by atoms with van der Waals surface area (Å²) in [5, 5.41) is 3.59. The van der Waals surface area contributed by atoms with E-state index in [4.69, 9.17) is 9.15 Å². The van der Waals surface area contributed by atoms with E-state index in [1.165, 1.54) is 0 Å². The maximum atomic E-state index is 13.2. The highest BCUT2D eigenvalue weighted by molar-refractivity contribution is 6.11. The monoisotopic (exact) mass is 407 g/mol. The molecule has 2 amide bonds. The molecule has 1 unspecified atom stereocenters. The predicted octanol–water partition coefficient (Wildman–Crippen LogP) is 2.86. The molecule has 1 aromatic carbocycles. The first-order chi connectivity index (χ1) is 14.6. The number of morpholine rings is 1. The highest BCUT2D eigenvalue weighted by atomic mass is 16.5. The Labute approximate surface area is 172 Å². The van der Waals surface area contributed by atoms with Crippen LogP contribution in [0.4, 0.5) is 5.69 Å². The van der Waals surface area contributed by atoms with Crippen molar-refractivity contribution in [1.82, 2.24) is 9.47 Å². The Balaban J connectivity index is 1.49. The molecule has 1 saturated heterocycles. The number of benzene rings is 1. The summed E-state index contributed by atoms with van der Waals surface area (Å²) in [5.41, 5.74) is 1.44. The number of carbonyl (C=O) groups is 3. The average Bonchev–Trinajstić information content (AvgIpc) is 3.40. The number of anilines is 1. The number of rotatable bonds is 3. The highest BCUT2D eigenvalue weighted by Crippen LogP contribution is 2.34. The first-order valence-electron chi connectivity index (χ1n) is 10.0. The number of hydrogen-bond acceptors (Lipinski definition) is 5.